The number of carbonyl (C=O) groups excluding carboxylic acids is 1. The van der Waals surface area contributed by atoms with Crippen molar-refractivity contribution in [1.29, 1.82) is 0 Å². The summed E-state index contributed by atoms with van der Waals surface area (Å²) in [7, 11) is 1.80. The number of amides is 1. The minimum absolute atomic E-state index is 0.140. The van der Waals surface area contributed by atoms with Crippen LogP contribution in [0.3, 0.4) is 0 Å². The Labute approximate surface area is 178 Å². The molecular formula is C22H33N5O3. The number of nitrogens with zero attached hydrogens (tertiary/aromatic N) is 4. The summed E-state index contributed by atoms with van der Waals surface area (Å²) in [6, 6.07) is 4.01. The third-order valence-electron chi connectivity index (χ3n) is 6.15. The Balaban J connectivity index is 1.25. The van der Waals surface area contributed by atoms with E-state index in [9.17, 15) is 4.79 Å². The van der Waals surface area contributed by atoms with Crippen molar-refractivity contribution in [1.82, 2.24) is 20.1 Å². The Kier molecular flexibility index (Phi) is 7.04. The lowest BCUT2D eigenvalue weighted by Gasteiger charge is -2.37. The predicted octanol–water partition coefficient (Wildman–Crippen LogP) is 1.80. The Hall–Kier alpha value is -2.35. The number of guanidine groups is 1. The molecule has 3 fully saturated rings. The third kappa shape index (κ3) is 5.22. The summed E-state index contributed by atoms with van der Waals surface area (Å²) < 4.78 is 11.6. The summed E-state index contributed by atoms with van der Waals surface area (Å²) in [6.07, 6.45) is 8.44. The molecule has 0 spiro atoms. The van der Waals surface area contributed by atoms with Gasteiger partial charge in [0.15, 0.2) is 5.96 Å². The quantitative estimate of drug-likeness (QED) is 0.584. The maximum Gasteiger partial charge on any atom is 0.251 e. The first kappa shape index (κ1) is 20.9. The molecule has 1 saturated carbocycles. The zero-order chi connectivity index (χ0) is 20.8. The maximum atomic E-state index is 12.5. The average Bonchev–Trinajstić information content (AvgIpc) is 3.49. The van der Waals surface area contributed by atoms with Gasteiger partial charge in [0.05, 0.1) is 0 Å². The van der Waals surface area contributed by atoms with Gasteiger partial charge in [-0.15, -0.1) is 0 Å². The van der Waals surface area contributed by atoms with E-state index in [1.807, 2.05) is 17.0 Å². The van der Waals surface area contributed by atoms with Crippen LogP contribution in [-0.2, 0) is 16.1 Å². The largest absolute Gasteiger partial charge is 0.474 e. The van der Waals surface area contributed by atoms with E-state index in [-0.39, 0.29) is 12.0 Å². The molecule has 164 valence electrons. The minimum atomic E-state index is -0.235. The minimum Gasteiger partial charge on any atom is -0.474 e. The summed E-state index contributed by atoms with van der Waals surface area (Å²) >= 11 is 0. The van der Waals surface area contributed by atoms with Crippen LogP contribution in [0.5, 0.6) is 5.88 Å². The Bertz CT molecular complexity index is 736. The average molecular weight is 416 g/mol. The molecule has 0 bridgehead atoms. The van der Waals surface area contributed by atoms with Crippen molar-refractivity contribution in [2.75, 3.05) is 39.8 Å². The Morgan fingerprint density at radius 2 is 1.97 bits per heavy atom. The highest BCUT2D eigenvalue weighted by Gasteiger charge is 2.30. The van der Waals surface area contributed by atoms with E-state index >= 15 is 0 Å². The van der Waals surface area contributed by atoms with Gasteiger partial charge in [-0.25, -0.2) is 4.98 Å². The highest BCUT2D eigenvalue weighted by molar-refractivity contribution is 5.82. The zero-order valence-electron chi connectivity index (χ0n) is 17.9. The van der Waals surface area contributed by atoms with Gasteiger partial charge in [0.1, 0.15) is 12.2 Å². The molecule has 8 nitrogen and oxygen atoms in total. The molecule has 1 aromatic rings. The molecule has 1 unspecified atom stereocenters. The molecule has 2 aliphatic heterocycles. The molecule has 1 N–H and O–H groups in total. The van der Waals surface area contributed by atoms with Gasteiger partial charge in [-0.2, -0.15) is 0 Å². The van der Waals surface area contributed by atoms with Crippen LogP contribution in [0.25, 0.3) is 0 Å². The molecule has 4 rings (SSSR count). The molecule has 30 heavy (non-hydrogen) atoms. The molecule has 8 heteroatoms. The lowest BCUT2D eigenvalue weighted by Crippen LogP contribution is -2.55. The van der Waals surface area contributed by atoms with E-state index in [0.29, 0.717) is 38.2 Å². The highest BCUT2D eigenvalue weighted by atomic mass is 16.5. The van der Waals surface area contributed by atoms with Crippen molar-refractivity contribution in [2.24, 2.45) is 4.99 Å². The van der Waals surface area contributed by atoms with Crippen molar-refractivity contribution in [3.63, 3.8) is 0 Å². The first-order chi connectivity index (χ1) is 14.7. The SMILES string of the molecule is CN=C(NCc1ccnc(OC2CCCC2)c1)N1CCN(C(=O)C2CCCO2)CC1. The monoisotopic (exact) mass is 415 g/mol. The number of piperazine rings is 1. The summed E-state index contributed by atoms with van der Waals surface area (Å²) in [4.78, 5) is 25.5. The maximum absolute atomic E-state index is 12.5. The van der Waals surface area contributed by atoms with E-state index < -0.39 is 0 Å². The van der Waals surface area contributed by atoms with E-state index in [2.05, 4.69) is 20.2 Å². The number of carbonyl (C=O) groups is 1. The summed E-state index contributed by atoms with van der Waals surface area (Å²) in [5.41, 5.74) is 1.12. The summed E-state index contributed by atoms with van der Waals surface area (Å²) in [6.45, 7) is 4.30. The molecule has 0 radical (unpaired) electrons. The lowest BCUT2D eigenvalue weighted by molar-refractivity contribution is -0.142. The molecule has 1 amide bonds. The van der Waals surface area contributed by atoms with Gasteiger partial charge in [0, 0.05) is 58.6 Å². The molecule has 3 aliphatic rings. The second-order valence-corrected chi connectivity index (χ2v) is 8.24. The van der Waals surface area contributed by atoms with Crippen molar-refractivity contribution >= 4 is 11.9 Å². The van der Waals surface area contributed by atoms with Crippen molar-refractivity contribution in [3.05, 3.63) is 23.9 Å². The number of rotatable bonds is 5. The van der Waals surface area contributed by atoms with E-state index in [1.165, 1.54) is 12.8 Å². The van der Waals surface area contributed by atoms with Crippen LogP contribution in [0, 0.1) is 0 Å². The summed E-state index contributed by atoms with van der Waals surface area (Å²) in [5.74, 6) is 1.70. The van der Waals surface area contributed by atoms with Crippen LogP contribution in [0.2, 0.25) is 0 Å². The molecule has 1 aromatic heterocycles. The van der Waals surface area contributed by atoms with Crippen LogP contribution in [0.15, 0.2) is 23.3 Å². The number of hydrogen-bond donors (Lipinski definition) is 1. The van der Waals surface area contributed by atoms with Gasteiger partial charge < -0.3 is 24.6 Å². The van der Waals surface area contributed by atoms with E-state index in [0.717, 1.165) is 50.3 Å². The van der Waals surface area contributed by atoms with Gasteiger partial charge in [-0.1, -0.05) is 0 Å². The first-order valence-electron chi connectivity index (χ1n) is 11.2. The Morgan fingerprint density at radius 1 is 1.20 bits per heavy atom. The predicted molar refractivity (Wildman–Crippen MR) is 114 cm³/mol. The topological polar surface area (TPSA) is 79.3 Å². The second kappa shape index (κ2) is 10.1. The first-order valence-corrected chi connectivity index (χ1v) is 11.2. The van der Waals surface area contributed by atoms with Crippen LogP contribution < -0.4 is 10.1 Å². The smallest absolute Gasteiger partial charge is 0.251 e. The van der Waals surface area contributed by atoms with Crippen LogP contribution in [0.4, 0.5) is 0 Å². The standard InChI is InChI=1S/C22H33N5O3/c1-23-22(27-12-10-26(11-13-27)21(28)19-7-4-14-29-19)25-16-17-8-9-24-20(15-17)30-18-5-2-3-6-18/h8-9,15,18-19H,2-7,10-14,16H2,1H3,(H,23,25). The number of hydrogen-bond acceptors (Lipinski definition) is 5. The fraction of sp³-hybridized carbons (Fsp3) is 0.682. The van der Waals surface area contributed by atoms with Crippen LogP contribution in [-0.4, -0.2) is 78.7 Å². The summed E-state index contributed by atoms with van der Waals surface area (Å²) in [5, 5.41) is 3.44. The fourth-order valence-electron chi connectivity index (χ4n) is 4.43. The van der Waals surface area contributed by atoms with E-state index in [1.54, 1.807) is 13.2 Å². The van der Waals surface area contributed by atoms with Gasteiger partial charge in [-0.3, -0.25) is 9.79 Å². The molecule has 3 heterocycles. The number of aliphatic imine (C=N–C) groups is 1. The van der Waals surface area contributed by atoms with Gasteiger partial charge >= 0.3 is 0 Å². The molecule has 1 aliphatic carbocycles. The lowest BCUT2D eigenvalue weighted by atomic mass is 10.2. The van der Waals surface area contributed by atoms with Gasteiger partial charge in [-0.05, 0) is 50.2 Å². The molecular weight excluding hydrogens is 382 g/mol. The molecule has 2 saturated heterocycles. The van der Waals surface area contributed by atoms with Gasteiger partial charge in [0.25, 0.3) is 5.91 Å². The zero-order valence-corrected chi connectivity index (χ0v) is 17.9. The van der Waals surface area contributed by atoms with Crippen molar-refractivity contribution in [2.45, 2.75) is 57.3 Å². The van der Waals surface area contributed by atoms with Crippen molar-refractivity contribution in [3.8, 4) is 5.88 Å². The number of pyridine rings is 1. The fourth-order valence-corrected chi connectivity index (χ4v) is 4.43. The third-order valence-corrected chi connectivity index (χ3v) is 6.15. The number of aromatic nitrogens is 1. The van der Waals surface area contributed by atoms with Gasteiger partial charge in [0.2, 0.25) is 5.88 Å². The van der Waals surface area contributed by atoms with Crippen LogP contribution in [0.1, 0.15) is 44.1 Å². The normalized spacial score (nSPS) is 23.1. The molecule has 0 aromatic carbocycles. The molecule has 1 atom stereocenters. The number of nitrogens with one attached hydrogen (secondary N) is 1. The Morgan fingerprint density at radius 3 is 2.67 bits per heavy atom. The van der Waals surface area contributed by atoms with Crippen LogP contribution >= 0.6 is 0 Å². The second-order valence-electron chi connectivity index (χ2n) is 8.24. The van der Waals surface area contributed by atoms with E-state index in [4.69, 9.17) is 9.47 Å². The number of ether oxygens (including phenoxy) is 2. The highest BCUT2D eigenvalue weighted by Crippen LogP contribution is 2.23. The van der Waals surface area contributed by atoms with Crippen molar-refractivity contribution < 1.29 is 14.3 Å².